The minimum atomic E-state index is -0.568. The fourth-order valence-electron chi connectivity index (χ4n) is 2.34. The average Bonchev–Trinajstić information content (AvgIpc) is 2.66. The summed E-state index contributed by atoms with van der Waals surface area (Å²) in [5.74, 6) is 2.17. The number of rotatable bonds is 2. The summed E-state index contributed by atoms with van der Waals surface area (Å²) in [4.78, 5) is 11.8. The van der Waals surface area contributed by atoms with E-state index >= 15 is 0 Å². The highest BCUT2D eigenvalue weighted by Gasteiger charge is 2.52. The monoisotopic (exact) mass is 300 g/mol. The average molecular weight is 300 g/mol. The van der Waals surface area contributed by atoms with E-state index in [2.05, 4.69) is 5.92 Å². The minimum absolute atomic E-state index is 0.394. The SMILES string of the molecule is C#Cc1cc(C(=O)OC)cc(B2OC(C)(C)C(C)(C)O2)c1C. The maximum absolute atomic E-state index is 11.8. The highest BCUT2D eigenvalue weighted by atomic mass is 16.7. The van der Waals surface area contributed by atoms with Crippen LogP contribution in [0.25, 0.3) is 0 Å². The molecule has 116 valence electrons. The molecule has 22 heavy (non-hydrogen) atoms. The van der Waals surface area contributed by atoms with Crippen molar-refractivity contribution in [2.45, 2.75) is 45.8 Å². The van der Waals surface area contributed by atoms with Gasteiger partial charge in [0.15, 0.2) is 0 Å². The zero-order valence-corrected chi connectivity index (χ0v) is 13.9. The molecule has 1 aliphatic heterocycles. The highest BCUT2D eigenvalue weighted by molar-refractivity contribution is 6.62. The van der Waals surface area contributed by atoms with Crippen molar-refractivity contribution in [2.24, 2.45) is 0 Å². The molecule has 0 atom stereocenters. The molecule has 0 bridgehead atoms. The first-order chi connectivity index (χ1) is 10.1. The van der Waals surface area contributed by atoms with Gasteiger partial charge in [-0.05, 0) is 57.8 Å². The van der Waals surface area contributed by atoms with Crippen molar-refractivity contribution in [1.82, 2.24) is 0 Å². The Balaban J connectivity index is 2.52. The number of hydrogen-bond donors (Lipinski definition) is 0. The van der Waals surface area contributed by atoms with Gasteiger partial charge in [0.25, 0.3) is 0 Å². The summed E-state index contributed by atoms with van der Waals surface area (Å²) >= 11 is 0. The smallest absolute Gasteiger partial charge is 0.465 e. The third-order valence-corrected chi connectivity index (χ3v) is 4.53. The summed E-state index contributed by atoms with van der Waals surface area (Å²) in [7, 11) is 0.772. The van der Waals surface area contributed by atoms with Gasteiger partial charge in [0.2, 0.25) is 0 Å². The predicted molar refractivity (Wildman–Crippen MR) is 86.2 cm³/mol. The summed E-state index contributed by atoms with van der Waals surface area (Å²) in [6.07, 6.45) is 5.55. The fourth-order valence-corrected chi connectivity index (χ4v) is 2.34. The lowest BCUT2D eigenvalue weighted by Crippen LogP contribution is -2.41. The van der Waals surface area contributed by atoms with E-state index in [1.54, 1.807) is 12.1 Å². The Hall–Kier alpha value is -1.77. The van der Waals surface area contributed by atoms with Gasteiger partial charge in [0.1, 0.15) is 0 Å². The summed E-state index contributed by atoms with van der Waals surface area (Å²) in [6.45, 7) is 9.82. The molecule has 0 spiro atoms. The Morgan fingerprint density at radius 3 is 2.23 bits per heavy atom. The number of hydrogen-bond acceptors (Lipinski definition) is 4. The van der Waals surface area contributed by atoms with Gasteiger partial charge in [0.05, 0.1) is 23.9 Å². The van der Waals surface area contributed by atoms with E-state index in [4.69, 9.17) is 20.5 Å². The van der Waals surface area contributed by atoms with Crippen molar-refractivity contribution in [3.8, 4) is 12.3 Å². The molecule has 0 unspecified atom stereocenters. The van der Waals surface area contributed by atoms with Crippen molar-refractivity contribution < 1.29 is 18.8 Å². The quantitative estimate of drug-likeness (QED) is 0.476. The van der Waals surface area contributed by atoms with E-state index in [1.807, 2.05) is 34.6 Å². The molecule has 0 amide bonds. The van der Waals surface area contributed by atoms with Crippen LogP contribution in [0.2, 0.25) is 0 Å². The summed E-state index contributed by atoms with van der Waals surface area (Å²) in [6, 6.07) is 3.38. The van der Waals surface area contributed by atoms with Gasteiger partial charge in [-0.2, -0.15) is 0 Å². The number of methoxy groups -OCH3 is 1. The van der Waals surface area contributed by atoms with Crippen LogP contribution in [0, 0.1) is 19.3 Å². The van der Waals surface area contributed by atoms with E-state index in [9.17, 15) is 4.79 Å². The van der Waals surface area contributed by atoms with Gasteiger partial charge >= 0.3 is 13.1 Å². The molecule has 4 nitrogen and oxygen atoms in total. The van der Waals surface area contributed by atoms with Gasteiger partial charge < -0.3 is 14.0 Å². The fraction of sp³-hybridized carbons (Fsp3) is 0.471. The van der Waals surface area contributed by atoms with Crippen molar-refractivity contribution in [1.29, 1.82) is 0 Å². The maximum atomic E-state index is 11.8. The first-order valence-electron chi connectivity index (χ1n) is 7.18. The highest BCUT2D eigenvalue weighted by Crippen LogP contribution is 2.36. The standard InChI is InChI=1S/C17H21BO4/c1-8-12-9-13(15(19)20-7)10-14(11(12)2)18-21-16(3,4)17(5,6)22-18/h1,9-10H,2-7H3. The number of ether oxygens (including phenoxy) is 1. The van der Waals surface area contributed by atoms with Crippen LogP contribution in [0.15, 0.2) is 12.1 Å². The number of esters is 1. The Morgan fingerprint density at radius 2 is 1.77 bits per heavy atom. The molecule has 0 N–H and O–H groups in total. The van der Waals surface area contributed by atoms with Crippen LogP contribution >= 0.6 is 0 Å². The third kappa shape index (κ3) is 2.65. The lowest BCUT2D eigenvalue weighted by atomic mass is 9.74. The summed E-state index contributed by atoms with van der Waals surface area (Å²) in [5, 5.41) is 0. The van der Waals surface area contributed by atoms with E-state index in [0.717, 1.165) is 11.0 Å². The molecule has 0 radical (unpaired) electrons. The Morgan fingerprint density at radius 1 is 1.23 bits per heavy atom. The van der Waals surface area contributed by atoms with Gasteiger partial charge in [-0.3, -0.25) is 0 Å². The Labute approximate surface area is 132 Å². The second-order valence-corrected chi connectivity index (χ2v) is 6.46. The van der Waals surface area contributed by atoms with E-state index in [0.29, 0.717) is 11.1 Å². The lowest BCUT2D eigenvalue weighted by molar-refractivity contribution is 0.00578. The molecule has 1 fully saturated rings. The largest absolute Gasteiger partial charge is 0.495 e. The first kappa shape index (κ1) is 16.6. The van der Waals surface area contributed by atoms with Crippen molar-refractivity contribution in [3.05, 3.63) is 28.8 Å². The van der Waals surface area contributed by atoms with E-state index in [1.165, 1.54) is 7.11 Å². The van der Waals surface area contributed by atoms with Gasteiger partial charge in [-0.1, -0.05) is 5.92 Å². The lowest BCUT2D eigenvalue weighted by Gasteiger charge is -2.32. The predicted octanol–water partition coefficient (Wildman–Crippen LogP) is 2.06. The molecular formula is C17H21BO4. The molecule has 1 aromatic carbocycles. The topological polar surface area (TPSA) is 44.8 Å². The van der Waals surface area contributed by atoms with Crippen LogP contribution in [0.4, 0.5) is 0 Å². The first-order valence-corrected chi connectivity index (χ1v) is 7.18. The molecule has 0 aliphatic carbocycles. The molecule has 0 saturated carbocycles. The van der Waals surface area contributed by atoms with Crippen LogP contribution in [0.3, 0.4) is 0 Å². The van der Waals surface area contributed by atoms with Crippen LogP contribution in [0.1, 0.15) is 49.2 Å². The number of terminal acetylenes is 1. The molecule has 1 heterocycles. The minimum Gasteiger partial charge on any atom is -0.465 e. The second kappa shape index (κ2) is 5.46. The number of carbonyl (C=O) groups is 1. The molecule has 5 heteroatoms. The Kier molecular flexibility index (Phi) is 4.12. The molecule has 1 saturated heterocycles. The van der Waals surface area contributed by atoms with Crippen molar-refractivity contribution in [2.75, 3.05) is 7.11 Å². The van der Waals surface area contributed by atoms with E-state index in [-0.39, 0.29) is 0 Å². The molecule has 1 aliphatic rings. The molecule has 1 aromatic rings. The van der Waals surface area contributed by atoms with Crippen LogP contribution in [-0.4, -0.2) is 31.4 Å². The zero-order chi connectivity index (χ0) is 16.7. The van der Waals surface area contributed by atoms with Crippen LogP contribution < -0.4 is 5.46 Å². The maximum Gasteiger partial charge on any atom is 0.495 e. The van der Waals surface area contributed by atoms with Gasteiger partial charge in [0, 0.05) is 5.56 Å². The summed E-state index contributed by atoms with van der Waals surface area (Å²) in [5.41, 5.74) is 1.74. The third-order valence-electron chi connectivity index (χ3n) is 4.53. The molecule has 0 aromatic heterocycles. The Bertz CT molecular complexity index is 639. The van der Waals surface area contributed by atoms with Gasteiger partial charge in [-0.25, -0.2) is 4.79 Å². The number of benzene rings is 1. The summed E-state index contributed by atoms with van der Waals surface area (Å²) < 4.78 is 16.9. The molecule has 2 rings (SSSR count). The normalized spacial score (nSPS) is 18.9. The van der Waals surface area contributed by atoms with Crippen molar-refractivity contribution >= 4 is 18.6 Å². The van der Waals surface area contributed by atoms with E-state index < -0.39 is 24.3 Å². The van der Waals surface area contributed by atoms with Crippen LogP contribution in [-0.2, 0) is 14.0 Å². The zero-order valence-electron chi connectivity index (χ0n) is 13.9. The number of carbonyl (C=O) groups excluding carboxylic acids is 1. The van der Waals surface area contributed by atoms with Crippen molar-refractivity contribution in [3.63, 3.8) is 0 Å². The second-order valence-electron chi connectivity index (χ2n) is 6.46. The molecular weight excluding hydrogens is 279 g/mol. The van der Waals surface area contributed by atoms with Gasteiger partial charge in [-0.15, -0.1) is 6.42 Å². The van der Waals surface area contributed by atoms with Crippen LogP contribution in [0.5, 0.6) is 0 Å².